The number of carbonyl (C=O) groups excluding carboxylic acids is 2. The number of amides is 2. The molecule has 3 aliphatic rings. The third-order valence-corrected chi connectivity index (χ3v) is 6.03. The van der Waals surface area contributed by atoms with Crippen molar-refractivity contribution in [3.8, 4) is 0 Å². The van der Waals surface area contributed by atoms with Crippen molar-refractivity contribution >= 4 is 11.8 Å². The van der Waals surface area contributed by atoms with Crippen LogP contribution in [-0.2, 0) is 16.0 Å². The smallest absolute Gasteiger partial charge is 0.252 e. The molecule has 146 valence electrons. The van der Waals surface area contributed by atoms with Gasteiger partial charge in [-0.25, -0.2) is 0 Å². The van der Waals surface area contributed by atoms with Crippen molar-refractivity contribution in [1.82, 2.24) is 15.5 Å². The average molecular weight is 371 g/mol. The Morgan fingerprint density at radius 3 is 2.96 bits per heavy atom. The van der Waals surface area contributed by atoms with E-state index in [1.54, 1.807) is 0 Å². The van der Waals surface area contributed by atoms with Gasteiger partial charge in [0.15, 0.2) is 0 Å². The zero-order valence-electron chi connectivity index (χ0n) is 16.2. The van der Waals surface area contributed by atoms with Gasteiger partial charge in [-0.1, -0.05) is 18.2 Å². The molecule has 0 saturated carbocycles. The summed E-state index contributed by atoms with van der Waals surface area (Å²) in [5.74, 6) is 0.236. The van der Waals surface area contributed by atoms with Crippen LogP contribution < -0.4 is 10.6 Å². The van der Waals surface area contributed by atoms with E-state index >= 15 is 0 Å². The van der Waals surface area contributed by atoms with E-state index in [9.17, 15) is 9.59 Å². The van der Waals surface area contributed by atoms with Gasteiger partial charge in [-0.05, 0) is 44.2 Å². The highest BCUT2D eigenvalue weighted by molar-refractivity contribution is 5.98. The molecule has 1 aromatic rings. The summed E-state index contributed by atoms with van der Waals surface area (Å²) >= 11 is 0. The van der Waals surface area contributed by atoms with Gasteiger partial charge in [0.05, 0.1) is 18.1 Å². The number of nitrogens with zero attached hydrogens (tertiary/aromatic N) is 1. The molecule has 27 heavy (non-hydrogen) atoms. The molecule has 1 aromatic carbocycles. The number of carbonyl (C=O) groups is 2. The normalized spacial score (nSPS) is 30.6. The van der Waals surface area contributed by atoms with Crippen molar-refractivity contribution in [3.05, 3.63) is 35.4 Å². The van der Waals surface area contributed by atoms with Crippen LogP contribution >= 0.6 is 0 Å². The van der Waals surface area contributed by atoms with Crippen molar-refractivity contribution in [3.63, 3.8) is 0 Å². The highest BCUT2D eigenvalue weighted by Crippen LogP contribution is 2.36. The largest absolute Gasteiger partial charge is 0.381 e. The van der Waals surface area contributed by atoms with Gasteiger partial charge in [-0.2, -0.15) is 0 Å². The first-order chi connectivity index (χ1) is 13.0. The third kappa shape index (κ3) is 3.60. The summed E-state index contributed by atoms with van der Waals surface area (Å²) in [6, 6.07) is 7.82. The van der Waals surface area contributed by atoms with Crippen molar-refractivity contribution in [2.45, 2.75) is 38.3 Å². The predicted octanol–water partition coefficient (Wildman–Crippen LogP) is 1.20. The molecule has 3 heterocycles. The lowest BCUT2D eigenvalue weighted by Crippen LogP contribution is -2.62. The number of hydrogen-bond acceptors (Lipinski definition) is 4. The van der Waals surface area contributed by atoms with Gasteiger partial charge in [-0.15, -0.1) is 0 Å². The maximum Gasteiger partial charge on any atom is 0.252 e. The quantitative estimate of drug-likeness (QED) is 0.835. The second-order valence-corrected chi connectivity index (χ2v) is 8.58. The molecule has 0 bridgehead atoms. The fourth-order valence-electron chi connectivity index (χ4n) is 4.84. The van der Waals surface area contributed by atoms with Crippen LogP contribution in [0.15, 0.2) is 24.3 Å². The number of fused-ring (bicyclic) bond motifs is 1. The van der Waals surface area contributed by atoms with E-state index in [0.29, 0.717) is 25.4 Å². The van der Waals surface area contributed by atoms with Crippen LogP contribution in [0, 0.1) is 11.8 Å². The predicted molar refractivity (Wildman–Crippen MR) is 102 cm³/mol. The second-order valence-electron chi connectivity index (χ2n) is 8.58. The Hall–Kier alpha value is -1.92. The maximum absolute atomic E-state index is 13.0. The molecule has 0 unspecified atom stereocenters. The van der Waals surface area contributed by atoms with Gasteiger partial charge in [0.25, 0.3) is 5.91 Å². The minimum absolute atomic E-state index is 0.0369. The monoisotopic (exact) mass is 371 g/mol. The highest BCUT2D eigenvalue weighted by Gasteiger charge is 2.53. The molecular formula is C21H29N3O3. The molecule has 1 spiro atoms. The van der Waals surface area contributed by atoms with Crippen molar-refractivity contribution < 1.29 is 14.3 Å². The maximum atomic E-state index is 13.0. The molecule has 4 rings (SSSR count). The van der Waals surface area contributed by atoms with E-state index in [0.717, 1.165) is 37.3 Å². The third-order valence-electron chi connectivity index (χ3n) is 6.03. The van der Waals surface area contributed by atoms with Gasteiger partial charge >= 0.3 is 0 Å². The molecule has 6 heteroatoms. The molecule has 3 aliphatic heterocycles. The summed E-state index contributed by atoms with van der Waals surface area (Å²) in [6.45, 7) is 7.87. The van der Waals surface area contributed by atoms with Gasteiger partial charge in [0.2, 0.25) is 5.91 Å². The van der Waals surface area contributed by atoms with E-state index in [-0.39, 0.29) is 23.8 Å². The molecule has 3 atom stereocenters. The van der Waals surface area contributed by atoms with Gasteiger partial charge < -0.3 is 15.4 Å². The van der Waals surface area contributed by atoms with Crippen LogP contribution in [0.2, 0.25) is 0 Å². The Labute approximate surface area is 160 Å². The van der Waals surface area contributed by atoms with Crippen molar-refractivity contribution in [2.75, 3.05) is 32.8 Å². The van der Waals surface area contributed by atoms with Gasteiger partial charge in [-0.3, -0.25) is 14.5 Å². The van der Waals surface area contributed by atoms with E-state index < -0.39 is 5.54 Å². The molecule has 2 N–H and O–H groups in total. The van der Waals surface area contributed by atoms with E-state index in [1.807, 2.05) is 38.1 Å². The van der Waals surface area contributed by atoms with Gasteiger partial charge in [0, 0.05) is 37.8 Å². The summed E-state index contributed by atoms with van der Waals surface area (Å²) in [5, 5.41) is 6.30. The van der Waals surface area contributed by atoms with Crippen LogP contribution in [-0.4, -0.2) is 61.1 Å². The molecule has 0 aromatic heterocycles. The first-order valence-corrected chi connectivity index (χ1v) is 9.98. The summed E-state index contributed by atoms with van der Waals surface area (Å²) in [7, 11) is 0. The van der Waals surface area contributed by atoms with E-state index in [1.165, 1.54) is 0 Å². The number of likely N-dealkylation sites (tertiary alicyclic amines) is 1. The molecule has 0 radical (unpaired) electrons. The topological polar surface area (TPSA) is 70.7 Å². The number of benzene rings is 1. The zero-order chi connectivity index (χ0) is 19.0. The Morgan fingerprint density at radius 2 is 2.22 bits per heavy atom. The minimum Gasteiger partial charge on any atom is -0.381 e. The number of nitrogens with one attached hydrogen (secondary N) is 2. The lowest BCUT2D eigenvalue weighted by Gasteiger charge is -2.39. The molecular weight excluding hydrogens is 342 g/mol. The first kappa shape index (κ1) is 18.4. The minimum atomic E-state index is -0.538. The number of rotatable bonds is 4. The summed E-state index contributed by atoms with van der Waals surface area (Å²) in [4.78, 5) is 28.2. The van der Waals surface area contributed by atoms with Crippen LogP contribution in [0.3, 0.4) is 0 Å². The molecule has 2 fully saturated rings. The molecule has 2 saturated heterocycles. The standard InChI is InChI=1S/C21H29N3O3/c1-14(2)22-20(26)18-11-24(10-15-7-8-27-12-15)13-21(18)9-16-5-3-4-6-17(16)19(25)23-21/h3-6,14-15,18H,7-13H2,1-2H3,(H,22,26)(H,23,25)/t15-,18-,21+/m0/s1. The summed E-state index contributed by atoms with van der Waals surface area (Å²) in [5.41, 5.74) is 1.23. The Balaban J connectivity index is 1.61. The lowest BCUT2D eigenvalue weighted by atomic mass is 9.77. The molecule has 0 aliphatic carbocycles. The Kier molecular flexibility index (Phi) is 4.95. The molecule has 6 nitrogen and oxygen atoms in total. The number of ether oxygens (including phenoxy) is 1. The summed E-state index contributed by atoms with van der Waals surface area (Å²) < 4.78 is 5.52. The Morgan fingerprint density at radius 1 is 1.41 bits per heavy atom. The fraction of sp³-hybridized carbons (Fsp3) is 0.619. The van der Waals surface area contributed by atoms with E-state index in [2.05, 4.69) is 15.5 Å². The van der Waals surface area contributed by atoms with Crippen molar-refractivity contribution in [2.24, 2.45) is 11.8 Å². The first-order valence-electron chi connectivity index (χ1n) is 9.98. The van der Waals surface area contributed by atoms with Crippen LogP contribution in [0.1, 0.15) is 36.2 Å². The lowest BCUT2D eigenvalue weighted by molar-refractivity contribution is -0.126. The summed E-state index contributed by atoms with van der Waals surface area (Å²) in [6.07, 6.45) is 1.77. The Bertz CT molecular complexity index is 729. The van der Waals surface area contributed by atoms with Crippen LogP contribution in [0.4, 0.5) is 0 Å². The van der Waals surface area contributed by atoms with Crippen LogP contribution in [0.25, 0.3) is 0 Å². The fourth-order valence-corrected chi connectivity index (χ4v) is 4.84. The molecule has 2 amide bonds. The van der Waals surface area contributed by atoms with Crippen LogP contribution in [0.5, 0.6) is 0 Å². The average Bonchev–Trinajstić information content (AvgIpc) is 3.23. The van der Waals surface area contributed by atoms with E-state index in [4.69, 9.17) is 4.74 Å². The SMILES string of the molecule is CC(C)NC(=O)[C@@H]1CN(C[C@@H]2CCOC2)C[C@]12Cc1ccccc1C(=O)N2. The van der Waals surface area contributed by atoms with Gasteiger partial charge in [0.1, 0.15) is 0 Å². The second kappa shape index (κ2) is 7.24. The van der Waals surface area contributed by atoms with Crippen molar-refractivity contribution in [1.29, 1.82) is 0 Å². The number of hydrogen-bond donors (Lipinski definition) is 2. The zero-order valence-corrected chi connectivity index (χ0v) is 16.2. The highest BCUT2D eigenvalue weighted by atomic mass is 16.5.